The molecular weight excluding hydrogens is 314 g/mol. The fourth-order valence-corrected chi connectivity index (χ4v) is 5.86. The molecule has 1 aliphatic rings. The number of rotatable bonds is 3. The first-order valence-electron chi connectivity index (χ1n) is 6.50. The summed E-state index contributed by atoms with van der Waals surface area (Å²) in [5, 5.41) is 9.70. The van der Waals surface area contributed by atoms with Crippen LogP contribution in [0.3, 0.4) is 0 Å². The Morgan fingerprint density at radius 3 is 2.19 bits per heavy atom. The zero-order valence-electron chi connectivity index (χ0n) is 12.1. The summed E-state index contributed by atoms with van der Waals surface area (Å²) in [6.07, 6.45) is -1.21. The van der Waals surface area contributed by atoms with Gasteiger partial charge in [-0.15, -0.1) is 0 Å². The minimum Gasteiger partial charge on any atom is -0.390 e. The van der Waals surface area contributed by atoms with Gasteiger partial charge in [-0.05, 0) is 43.5 Å². The van der Waals surface area contributed by atoms with Crippen LogP contribution in [0.1, 0.15) is 16.7 Å². The van der Waals surface area contributed by atoms with Crippen LogP contribution < -0.4 is 4.72 Å². The minimum absolute atomic E-state index is 0.113. The average Bonchev–Trinajstić information content (AvgIpc) is 2.56. The number of hydrogen-bond acceptors (Lipinski definition) is 5. The molecule has 1 aliphatic heterocycles. The maximum atomic E-state index is 12.4. The van der Waals surface area contributed by atoms with Gasteiger partial charge in [0.05, 0.1) is 28.5 Å². The van der Waals surface area contributed by atoms with E-state index in [1.807, 2.05) is 13.8 Å². The molecule has 0 unspecified atom stereocenters. The first-order chi connectivity index (χ1) is 9.52. The topological polar surface area (TPSA) is 101 Å². The normalized spacial score (nSPS) is 25.1. The van der Waals surface area contributed by atoms with E-state index in [4.69, 9.17) is 0 Å². The fourth-order valence-electron chi connectivity index (χ4n) is 2.43. The number of sulfone groups is 1. The third-order valence-electron chi connectivity index (χ3n) is 3.71. The molecule has 8 heteroatoms. The van der Waals surface area contributed by atoms with Gasteiger partial charge in [-0.25, -0.2) is 21.6 Å². The second kappa shape index (κ2) is 5.35. The summed E-state index contributed by atoms with van der Waals surface area (Å²) in [6.45, 7) is 5.38. The van der Waals surface area contributed by atoms with Gasteiger partial charge < -0.3 is 5.11 Å². The Kier molecular flexibility index (Phi) is 4.18. The van der Waals surface area contributed by atoms with Crippen molar-refractivity contribution >= 4 is 19.9 Å². The molecule has 1 aromatic carbocycles. The summed E-state index contributed by atoms with van der Waals surface area (Å²) in [6, 6.07) is 2.33. The summed E-state index contributed by atoms with van der Waals surface area (Å²) >= 11 is 0. The summed E-state index contributed by atoms with van der Waals surface area (Å²) in [5.74, 6) is -0.788. The molecule has 118 valence electrons. The number of aliphatic hydroxyl groups is 1. The zero-order valence-corrected chi connectivity index (χ0v) is 13.8. The highest BCUT2D eigenvalue weighted by atomic mass is 32.2. The molecule has 1 heterocycles. The molecule has 0 aliphatic carbocycles. The molecule has 1 saturated heterocycles. The molecular formula is C13H19NO5S2. The van der Waals surface area contributed by atoms with Gasteiger partial charge in [0.2, 0.25) is 10.0 Å². The monoisotopic (exact) mass is 333 g/mol. The van der Waals surface area contributed by atoms with Gasteiger partial charge in [-0.1, -0.05) is 6.07 Å². The SMILES string of the molecule is Cc1cc(C)c(S(=O)(=O)N[C@@H]2CS(=O)(=O)C[C@@H]2O)cc1C. The summed E-state index contributed by atoms with van der Waals surface area (Å²) in [4.78, 5) is 0.113. The maximum absolute atomic E-state index is 12.4. The van der Waals surface area contributed by atoms with E-state index in [1.54, 1.807) is 19.1 Å². The Hall–Kier alpha value is -0.960. The van der Waals surface area contributed by atoms with Crippen LogP contribution in [0.4, 0.5) is 0 Å². The number of benzene rings is 1. The molecule has 0 amide bonds. The van der Waals surface area contributed by atoms with Crippen molar-refractivity contribution in [2.24, 2.45) is 0 Å². The van der Waals surface area contributed by atoms with Crippen LogP contribution >= 0.6 is 0 Å². The lowest BCUT2D eigenvalue weighted by Crippen LogP contribution is -2.42. The Morgan fingerprint density at radius 2 is 1.67 bits per heavy atom. The Labute approximate surface area is 125 Å². The zero-order chi connectivity index (χ0) is 16.0. The smallest absolute Gasteiger partial charge is 0.241 e. The molecule has 0 bridgehead atoms. The molecule has 1 aromatic rings. The second-order valence-corrected chi connectivity index (χ2v) is 9.41. The summed E-state index contributed by atoms with van der Waals surface area (Å²) < 4.78 is 50.0. The van der Waals surface area contributed by atoms with E-state index >= 15 is 0 Å². The Morgan fingerprint density at radius 1 is 1.10 bits per heavy atom. The molecule has 21 heavy (non-hydrogen) atoms. The van der Waals surface area contributed by atoms with Crippen LogP contribution in [-0.4, -0.2) is 45.6 Å². The third-order valence-corrected chi connectivity index (χ3v) is 7.06. The van der Waals surface area contributed by atoms with Crippen LogP contribution in [0.2, 0.25) is 0 Å². The lowest BCUT2D eigenvalue weighted by molar-refractivity contribution is 0.176. The first kappa shape index (κ1) is 16.4. The van der Waals surface area contributed by atoms with Gasteiger partial charge in [-0.3, -0.25) is 0 Å². The van der Waals surface area contributed by atoms with Crippen molar-refractivity contribution in [2.75, 3.05) is 11.5 Å². The number of sulfonamides is 1. The van der Waals surface area contributed by atoms with Crippen LogP contribution in [0.25, 0.3) is 0 Å². The molecule has 2 atom stereocenters. The second-order valence-electron chi connectivity index (χ2n) is 5.57. The van der Waals surface area contributed by atoms with E-state index in [2.05, 4.69) is 4.72 Å². The van der Waals surface area contributed by atoms with Gasteiger partial charge in [-0.2, -0.15) is 0 Å². The molecule has 0 saturated carbocycles. The molecule has 2 rings (SSSR count). The molecule has 6 nitrogen and oxygen atoms in total. The Bertz CT molecular complexity index is 768. The lowest BCUT2D eigenvalue weighted by Gasteiger charge is -2.17. The van der Waals surface area contributed by atoms with E-state index in [0.29, 0.717) is 5.56 Å². The molecule has 1 fully saturated rings. The predicted octanol–water partition coefficient (Wildman–Crippen LogP) is 0.0481. The van der Waals surface area contributed by atoms with Crippen LogP contribution in [-0.2, 0) is 19.9 Å². The van der Waals surface area contributed by atoms with Crippen molar-refractivity contribution in [3.05, 3.63) is 28.8 Å². The fraction of sp³-hybridized carbons (Fsp3) is 0.538. The van der Waals surface area contributed by atoms with Gasteiger partial charge in [0.1, 0.15) is 0 Å². The highest BCUT2D eigenvalue weighted by molar-refractivity contribution is 7.92. The Balaban J connectivity index is 2.34. The van der Waals surface area contributed by atoms with E-state index in [-0.39, 0.29) is 10.6 Å². The van der Waals surface area contributed by atoms with Crippen molar-refractivity contribution in [3.63, 3.8) is 0 Å². The standard InChI is InChI=1S/C13H19NO5S2/c1-8-4-10(3)13(5-9(8)2)21(18,19)14-11-6-20(16,17)7-12(11)15/h4-5,11-12,14-15H,6-7H2,1-3H3/t11-,12+/m1/s1. The molecule has 0 aromatic heterocycles. The van der Waals surface area contributed by atoms with E-state index in [1.165, 1.54) is 0 Å². The maximum Gasteiger partial charge on any atom is 0.241 e. The molecule has 2 N–H and O–H groups in total. The van der Waals surface area contributed by atoms with E-state index in [0.717, 1.165) is 11.1 Å². The lowest BCUT2D eigenvalue weighted by atomic mass is 10.1. The van der Waals surface area contributed by atoms with Gasteiger partial charge in [0.15, 0.2) is 9.84 Å². The van der Waals surface area contributed by atoms with Crippen molar-refractivity contribution in [3.8, 4) is 0 Å². The first-order valence-corrected chi connectivity index (χ1v) is 9.81. The highest BCUT2D eigenvalue weighted by Crippen LogP contribution is 2.22. The largest absolute Gasteiger partial charge is 0.390 e. The van der Waals surface area contributed by atoms with Crippen molar-refractivity contribution in [2.45, 2.75) is 37.8 Å². The van der Waals surface area contributed by atoms with Crippen molar-refractivity contribution in [1.82, 2.24) is 4.72 Å². The van der Waals surface area contributed by atoms with Crippen LogP contribution in [0.5, 0.6) is 0 Å². The predicted molar refractivity (Wildman–Crippen MR) is 79.4 cm³/mol. The van der Waals surface area contributed by atoms with Crippen molar-refractivity contribution < 1.29 is 21.9 Å². The third kappa shape index (κ3) is 3.45. The summed E-state index contributed by atoms with van der Waals surface area (Å²) in [7, 11) is -7.27. The van der Waals surface area contributed by atoms with Gasteiger partial charge in [0, 0.05) is 0 Å². The minimum atomic E-state index is -3.87. The van der Waals surface area contributed by atoms with Crippen molar-refractivity contribution in [1.29, 1.82) is 0 Å². The average molecular weight is 333 g/mol. The number of hydrogen-bond donors (Lipinski definition) is 2. The highest BCUT2D eigenvalue weighted by Gasteiger charge is 2.39. The quantitative estimate of drug-likeness (QED) is 0.814. The van der Waals surface area contributed by atoms with Crippen LogP contribution in [0.15, 0.2) is 17.0 Å². The molecule has 0 radical (unpaired) electrons. The van der Waals surface area contributed by atoms with Crippen LogP contribution in [0, 0.1) is 20.8 Å². The number of nitrogens with one attached hydrogen (secondary N) is 1. The number of aliphatic hydroxyl groups excluding tert-OH is 1. The van der Waals surface area contributed by atoms with Gasteiger partial charge in [0.25, 0.3) is 0 Å². The van der Waals surface area contributed by atoms with E-state index in [9.17, 15) is 21.9 Å². The van der Waals surface area contributed by atoms with E-state index < -0.39 is 37.8 Å². The van der Waals surface area contributed by atoms with Gasteiger partial charge >= 0.3 is 0 Å². The summed E-state index contributed by atoms with van der Waals surface area (Å²) in [5.41, 5.74) is 2.40. The number of aryl methyl sites for hydroxylation is 3. The molecule has 0 spiro atoms.